The predicted octanol–water partition coefficient (Wildman–Crippen LogP) is 23.8. The number of ether oxygens (including phenoxy) is 3. The van der Waals surface area contributed by atoms with Crippen LogP contribution in [0.2, 0.25) is 0 Å². The molecule has 0 spiro atoms. The summed E-state index contributed by atoms with van der Waals surface area (Å²) in [6, 6.07) is 0. The minimum Gasteiger partial charge on any atom is -0.462 e. The molecule has 464 valence electrons. The van der Waals surface area contributed by atoms with Gasteiger partial charge in [-0.05, 0) is 89.9 Å². The highest BCUT2D eigenvalue weighted by Gasteiger charge is 2.19. The fraction of sp³-hybridized carbons (Fsp3) is 0.720. The molecule has 0 radical (unpaired) electrons. The SMILES string of the molecule is CC/C=C\C/C=C\C/C=C\C/C=C\C/C=C\CCCCCCCCCCCCCCCCCCCC(=O)OCC(COC(=O)CC/C=C\C/C=C\C/C=C\C/C=C\CC)OC(=O)CCCCCCCCCCCCCCCCCCC. The molecular weight excluding hydrogens is 997 g/mol. The van der Waals surface area contributed by atoms with E-state index in [2.05, 4.69) is 124 Å². The Morgan fingerprint density at radius 2 is 0.506 bits per heavy atom. The maximum absolute atomic E-state index is 12.9. The Bertz CT molecular complexity index is 1620. The van der Waals surface area contributed by atoms with Gasteiger partial charge in [0.25, 0.3) is 0 Å². The van der Waals surface area contributed by atoms with Crippen LogP contribution in [0.3, 0.4) is 0 Å². The summed E-state index contributed by atoms with van der Waals surface area (Å²) in [5.74, 6) is -0.966. The van der Waals surface area contributed by atoms with E-state index in [4.69, 9.17) is 14.2 Å². The zero-order valence-corrected chi connectivity index (χ0v) is 53.3. The van der Waals surface area contributed by atoms with Crippen LogP contribution in [0.4, 0.5) is 0 Å². The van der Waals surface area contributed by atoms with E-state index < -0.39 is 6.10 Å². The molecule has 0 aliphatic rings. The maximum Gasteiger partial charge on any atom is 0.306 e. The molecule has 0 aromatic heterocycles. The summed E-state index contributed by atoms with van der Waals surface area (Å²) in [6.07, 6.45) is 94.3. The van der Waals surface area contributed by atoms with Gasteiger partial charge in [-0.2, -0.15) is 0 Å². The van der Waals surface area contributed by atoms with Crippen molar-refractivity contribution in [1.29, 1.82) is 0 Å². The molecular formula is C75H128O6. The number of hydrogen-bond acceptors (Lipinski definition) is 6. The smallest absolute Gasteiger partial charge is 0.306 e. The van der Waals surface area contributed by atoms with E-state index in [0.29, 0.717) is 19.3 Å². The van der Waals surface area contributed by atoms with Crippen LogP contribution in [0.1, 0.15) is 329 Å². The summed E-state index contributed by atoms with van der Waals surface area (Å²) < 4.78 is 16.9. The highest BCUT2D eigenvalue weighted by atomic mass is 16.6. The van der Waals surface area contributed by atoms with E-state index in [9.17, 15) is 14.4 Å². The number of carbonyl (C=O) groups excluding carboxylic acids is 3. The Morgan fingerprint density at radius 3 is 0.827 bits per heavy atom. The van der Waals surface area contributed by atoms with Crippen LogP contribution < -0.4 is 0 Å². The van der Waals surface area contributed by atoms with E-state index in [1.165, 1.54) is 186 Å². The van der Waals surface area contributed by atoms with Crippen molar-refractivity contribution in [3.05, 3.63) is 109 Å². The van der Waals surface area contributed by atoms with Crippen molar-refractivity contribution >= 4 is 17.9 Å². The van der Waals surface area contributed by atoms with Gasteiger partial charge in [0.2, 0.25) is 0 Å². The van der Waals surface area contributed by atoms with Gasteiger partial charge in [-0.3, -0.25) is 14.4 Å². The minimum absolute atomic E-state index is 0.0960. The topological polar surface area (TPSA) is 78.9 Å². The molecule has 0 aliphatic carbocycles. The van der Waals surface area contributed by atoms with Crippen molar-refractivity contribution in [2.75, 3.05) is 13.2 Å². The summed E-state index contributed by atoms with van der Waals surface area (Å²) in [5.41, 5.74) is 0. The molecule has 0 amide bonds. The third kappa shape index (κ3) is 66.8. The number of unbranched alkanes of at least 4 members (excludes halogenated alkanes) is 33. The fourth-order valence-corrected chi connectivity index (χ4v) is 9.72. The Hall–Kier alpha value is -3.93. The van der Waals surface area contributed by atoms with Gasteiger partial charge in [0.05, 0.1) is 0 Å². The number of rotatable bonds is 62. The van der Waals surface area contributed by atoms with Crippen molar-refractivity contribution in [2.24, 2.45) is 0 Å². The van der Waals surface area contributed by atoms with Crippen molar-refractivity contribution in [1.82, 2.24) is 0 Å². The highest BCUT2D eigenvalue weighted by Crippen LogP contribution is 2.17. The molecule has 0 N–H and O–H groups in total. The number of esters is 3. The first-order valence-corrected chi connectivity index (χ1v) is 34.4. The summed E-state index contributed by atoms with van der Waals surface area (Å²) in [5, 5.41) is 0. The first-order valence-electron chi connectivity index (χ1n) is 34.4. The molecule has 1 unspecified atom stereocenters. The van der Waals surface area contributed by atoms with Crippen LogP contribution in [0.25, 0.3) is 0 Å². The van der Waals surface area contributed by atoms with Gasteiger partial charge in [-0.25, -0.2) is 0 Å². The van der Waals surface area contributed by atoms with Crippen LogP contribution >= 0.6 is 0 Å². The largest absolute Gasteiger partial charge is 0.462 e. The summed E-state index contributed by atoms with van der Waals surface area (Å²) in [6.45, 7) is 6.38. The number of carbonyl (C=O) groups is 3. The lowest BCUT2D eigenvalue weighted by Gasteiger charge is -2.18. The third-order valence-corrected chi connectivity index (χ3v) is 14.8. The lowest BCUT2D eigenvalue weighted by molar-refractivity contribution is -0.166. The van der Waals surface area contributed by atoms with E-state index in [1.54, 1.807) is 0 Å². The predicted molar refractivity (Wildman–Crippen MR) is 353 cm³/mol. The zero-order valence-electron chi connectivity index (χ0n) is 53.3. The van der Waals surface area contributed by atoms with Gasteiger partial charge in [0.15, 0.2) is 6.10 Å². The van der Waals surface area contributed by atoms with E-state index in [1.807, 2.05) is 6.08 Å². The monoisotopic (exact) mass is 1120 g/mol. The molecule has 6 heteroatoms. The summed E-state index contributed by atoms with van der Waals surface area (Å²) >= 11 is 0. The molecule has 0 aromatic carbocycles. The van der Waals surface area contributed by atoms with Crippen molar-refractivity contribution in [3.63, 3.8) is 0 Å². The van der Waals surface area contributed by atoms with Gasteiger partial charge in [0, 0.05) is 19.3 Å². The fourth-order valence-electron chi connectivity index (χ4n) is 9.72. The summed E-state index contributed by atoms with van der Waals surface area (Å²) in [7, 11) is 0. The van der Waals surface area contributed by atoms with Gasteiger partial charge in [0.1, 0.15) is 13.2 Å². The molecule has 0 heterocycles. The van der Waals surface area contributed by atoms with E-state index in [-0.39, 0.29) is 37.5 Å². The standard InChI is InChI=1S/C75H128O6/c1-4-7-10-13-16-19-22-25-27-29-30-31-32-33-34-35-36-37-38-39-40-41-42-43-44-46-47-50-53-56-59-62-65-68-74(77)80-71-72(70-79-73(76)67-64-61-58-55-52-49-24-21-18-15-12-9-6-3)81-75(78)69-66-63-60-57-54-51-48-45-28-26-23-20-17-14-11-8-5-2/h7,9-10,12,16,18-19,21,25,27,30-31,33-34,49,52,58,61,72H,4-6,8,11,13-15,17,20,22-24,26,28-29,32,35-48,50-51,53-57,59-60,62-71H2,1-3H3/b10-7-,12-9-,19-16-,21-18-,27-25-,31-30-,34-33-,52-49-,61-58-. The maximum atomic E-state index is 12.9. The second-order valence-electron chi connectivity index (χ2n) is 22.7. The zero-order chi connectivity index (χ0) is 58.5. The van der Waals surface area contributed by atoms with Crippen LogP contribution in [0.15, 0.2) is 109 Å². The third-order valence-electron chi connectivity index (χ3n) is 14.8. The van der Waals surface area contributed by atoms with Crippen molar-refractivity contribution in [3.8, 4) is 0 Å². The van der Waals surface area contributed by atoms with E-state index >= 15 is 0 Å². The Labute approximate surface area is 501 Å². The quantitative estimate of drug-likeness (QED) is 0.0261. The molecule has 0 saturated heterocycles. The molecule has 0 aliphatic heterocycles. The second kappa shape index (κ2) is 68.6. The lowest BCUT2D eigenvalue weighted by Crippen LogP contribution is -2.30. The van der Waals surface area contributed by atoms with E-state index in [0.717, 1.165) is 96.3 Å². The second-order valence-corrected chi connectivity index (χ2v) is 22.7. The molecule has 0 saturated carbocycles. The molecule has 0 fully saturated rings. The Morgan fingerprint density at radius 1 is 0.259 bits per heavy atom. The van der Waals surface area contributed by atoms with Crippen LogP contribution in [-0.4, -0.2) is 37.2 Å². The van der Waals surface area contributed by atoms with Crippen LogP contribution in [-0.2, 0) is 28.6 Å². The van der Waals surface area contributed by atoms with Crippen LogP contribution in [0, 0.1) is 0 Å². The lowest BCUT2D eigenvalue weighted by atomic mass is 10.0. The average molecular weight is 1130 g/mol. The van der Waals surface area contributed by atoms with Gasteiger partial charge >= 0.3 is 17.9 Å². The van der Waals surface area contributed by atoms with Crippen molar-refractivity contribution in [2.45, 2.75) is 335 Å². The molecule has 81 heavy (non-hydrogen) atoms. The molecule has 6 nitrogen and oxygen atoms in total. The normalized spacial score (nSPS) is 12.8. The Kier molecular flexibility index (Phi) is 65.2. The van der Waals surface area contributed by atoms with Gasteiger partial charge < -0.3 is 14.2 Å². The summed E-state index contributed by atoms with van der Waals surface area (Å²) in [4.78, 5) is 38.3. The minimum atomic E-state index is -0.805. The van der Waals surface area contributed by atoms with Crippen LogP contribution in [0.5, 0.6) is 0 Å². The van der Waals surface area contributed by atoms with Gasteiger partial charge in [-0.1, -0.05) is 329 Å². The average Bonchev–Trinajstić information content (AvgIpc) is 3.46. The number of allylic oxidation sites excluding steroid dienone is 18. The van der Waals surface area contributed by atoms with Crippen molar-refractivity contribution < 1.29 is 28.6 Å². The first-order chi connectivity index (χ1) is 40.0. The molecule has 0 rings (SSSR count). The van der Waals surface area contributed by atoms with Gasteiger partial charge in [-0.15, -0.1) is 0 Å². The molecule has 1 atom stereocenters. The Balaban J connectivity index is 4.20. The first kappa shape index (κ1) is 77.1. The molecule has 0 aromatic rings. The number of hydrogen-bond donors (Lipinski definition) is 0. The molecule has 0 bridgehead atoms. The highest BCUT2D eigenvalue weighted by molar-refractivity contribution is 5.71.